The van der Waals surface area contributed by atoms with Crippen molar-refractivity contribution in [2.45, 2.75) is 18.3 Å². The van der Waals surface area contributed by atoms with Crippen molar-refractivity contribution >= 4 is 29.7 Å². The molecule has 1 aliphatic heterocycles. The number of amides is 4. The Balaban J connectivity index is 1.92. The fourth-order valence-corrected chi connectivity index (χ4v) is 3.33. The van der Waals surface area contributed by atoms with E-state index in [4.69, 9.17) is 9.84 Å². The lowest BCUT2D eigenvalue weighted by molar-refractivity contribution is -0.150. The van der Waals surface area contributed by atoms with Crippen molar-refractivity contribution in [1.82, 2.24) is 10.2 Å². The third-order valence-corrected chi connectivity index (χ3v) is 4.54. The molecular weight excluding hydrogens is 330 g/mol. The Hall–Kier alpha value is -3.10. The van der Waals surface area contributed by atoms with Gasteiger partial charge in [-0.1, -0.05) is 6.07 Å². The number of anilines is 1. The number of nitrogens with zero attached hydrogens (tertiary/aromatic N) is 1. The minimum absolute atomic E-state index is 0.115. The van der Waals surface area contributed by atoms with Gasteiger partial charge in [-0.05, 0) is 36.1 Å². The van der Waals surface area contributed by atoms with Crippen molar-refractivity contribution in [1.29, 1.82) is 0 Å². The highest BCUT2D eigenvalue weighted by Gasteiger charge is 2.53. The van der Waals surface area contributed by atoms with Crippen LogP contribution < -0.4 is 10.6 Å². The second-order valence-electron chi connectivity index (χ2n) is 6.00. The van der Waals surface area contributed by atoms with Gasteiger partial charge in [0.1, 0.15) is 18.6 Å². The van der Waals surface area contributed by atoms with E-state index in [1.807, 2.05) is 0 Å². The Morgan fingerprint density at radius 2 is 2.12 bits per heavy atom. The molecule has 1 atom stereocenters. The number of aliphatic carboxylic acids is 1. The van der Waals surface area contributed by atoms with E-state index >= 15 is 0 Å². The minimum Gasteiger partial charge on any atom is -0.480 e. The predicted octanol–water partition coefficient (Wildman–Crippen LogP) is 0.685. The van der Waals surface area contributed by atoms with Crippen molar-refractivity contribution in [3.8, 4) is 0 Å². The van der Waals surface area contributed by atoms with Crippen LogP contribution >= 0.6 is 0 Å². The summed E-state index contributed by atoms with van der Waals surface area (Å²) in [5.74, 6) is -1.84. The standard InChI is InChI=1S/C16H17N3O6/c1-17-14(23)18-10-2-3-11-9(6-10)4-5-16(11)8-25-15(24)19(13(16)22)7-12(20)21/h2-3,6H,4-5,7-8H2,1H3,(H,20,21)(H2,17,18,23)/t16-/m1/s1. The molecule has 4 amide bonds. The van der Waals surface area contributed by atoms with E-state index in [1.165, 1.54) is 7.05 Å². The second kappa shape index (κ2) is 6.08. The number of imide groups is 1. The Morgan fingerprint density at radius 3 is 2.80 bits per heavy atom. The molecule has 0 bridgehead atoms. The number of nitrogens with one attached hydrogen (secondary N) is 2. The van der Waals surface area contributed by atoms with Crippen LogP contribution in [0.1, 0.15) is 17.5 Å². The number of fused-ring (bicyclic) bond motifs is 2. The van der Waals surface area contributed by atoms with E-state index < -0.39 is 29.9 Å². The van der Waals surface area contributed by atoms with Gasteiger partial charge in [-0.3, -0.25) is 9.59 Å². The summed E-state index contributed by atoms with van der Waals surface area (Å²) in [6, 6.07) is 4.78. The minimum atomic E-state index is -1.29. The van der Waals surface area contributed by atoms with Crippen molar-refractivity contribution in [2.24, 2.45) is 0 Å². The van der Waals surface area contributed by atoms with E-state index in [-0.39, 0.29) is 12.6 Å². The fourth-order valence-electron chi connectivity index (χ4n) is 3.33. The summed E-state index contributed by atoms with van der Waals surface area (Å²) in [6.45, 7) is -0.846. The number of carbonyl (C=O) groups excluding carboxylic acids is 3. The molecule has 2 aliphatic rings. The highest BCUT2D eigenvalue weighted by Crippen LogP contribution is 2.43. The molecule has 1 saturated heterocycles. The quantitative estimate of drug-likeness (QED) is 0.738. The molecule has 1 aliphatic carbocycles. The zero-order chi connectivity index (χ0) is 18.2. The van der Waals surface area contributed by atoms with E-state index in [0.717, 1.165) is 5.56 Å². The summed E-state index contributed by atoms with van der Waals surface area (Å²) in [5, 5.41) is 14.0. The molecule has 0 radical (unpaired) electrons. The maximum atomic E-state index is 12.8. The maximum Gasteiger partial charge on any atom is 0.417 e. The molecule has 1 aromatic carbocycles. The third-order valence-electron chi connectivity index (χ3n) is 4.54. The molecule has 1 fully saturated rings. The molecule has 0 saturated carbocycles. The Bertz CT molecular complexity index is 777. The van der Waals surface area contributed by atoms with Gasteiger partial charge in [-0.15, -0.1) is 0 Å². The van der Waals surface area contributed by atoms with E-state index in [9.17, 15) is 19.2 Å². The first kappa shape index (κ1) is 16.7. The van der Waals surface area contributed by atoms with Crippen LogP contribution in [0, 0.1) is 0 Å². The molecule has 25 heavy (non-hydrogen) atoms. The number of carboxylic acids is 1. The summed E-state index contributed by atoms with van der Waals surface area (Å²) < 4.78 is 5.09. The van der Waals surface area contributed by atoms with Gasteiger partial charge >= 0.3 is 18.1 Å². The molecule has 3 N–H and O–H groups in total. The molecule has 1 heterocycles. The largest absolute Gasteiger partial charge is 0.480 e. The number of rotatable bonds is 3. The van der Waals surface area contributed by atoms with Gasteiger partial charge in [-0.2, -0.15) is 0 Å². The molecule has 9 heteroatoms. The van der Waals surface area contributed by atoms with Crippen LogP contribution in [-0.2, 0) is 26.2 Å². The maximum absolute atomic E-state index is 12.8. The summed E-state index contributed by atoms with van der Waals surface area (Å²) >= 11 is 0. The average Bonchev–Trinajstić information content (AvgIpc) is 2.94. The SMILES string of the molecule is CNC(=O)Nc1ccc2c(c1)CC[C@@]21COC(=O)N(CC(=O)O)C1=O. The molecular formula is C16H17N3O6. The van der Waals surface area contributed by atoms with Crippen LogP contribution in [0.15, 0.2) is 18.2 Å². The van der Waals surface area contributed by atoms with Crippen LogP contribution in [-0.4, -0.2) is 54.2 Å². The summed E-state index contributed by atoms with van der Waals surface area (Å²) in [5.41, 5.74) is 1.07. The lowest BCUT2D eigenvalue weighted by atomic mass is 9.80. The zero-order valence-electron chi connectivity index (χ0n) is 13.5. The second-order valence-corrected chi connectivity index (χ2v) is 6.00. The number of carbonyl (C=O) groups is 4. The highest BCUT2D eigenvalue weighted by atomic mass is 16.6. The van der Waals surface area contributed by atoms with Crippen molar-refractivity contribution in [2.75, 3.05) is 25.5 Å². The van der Waals surface area contributed by atoms with Gasteiger partial charge in [0.05, 0.1) is 0 Å². The topological polar surface area (TPSA) is 125 Å². The Morgan fingerprint density at radius 1 is 1.36 bits per heavy atom. The molecule has 1 spiro atoms. The van der Waals surface area contributed by atoms with Crippen molar-refractivity contribution in [3.63, 3.8) is 0 Å². The number of aryl methyl sites for hydroxylation is 1. The third kappa shape index (κ3) is 2.77. The normalized spacial score (nSPS) is 21.7. The van der Waals surface area contributed by atoms with E-state index in [1.54, 1.807) is 18.2 Å². The van der Waals surface area contributed by atoms with Crippen LogP contribution in [0.2, 0.25) is 0 Å². The van der Waals surface area contributed by atoms with E-state index in [0.29, 0.717) is 29.0 Å². The summed E-state index contributed by atoms with van der Waals surface area (Å²) in [7, 11) is 1.50. The molecule has 0 unspecified atom stereocenters. The first-order chi connectivity index (χ1) is 11.9. The number of hydrogen-bond donors (Lipinski definition) is 3. The Kier molecular flexibility index (Phi) is 4.07. The average molecular weight is 347 g/mol. The first-order valence-electron chi connectivity index (χ1n) is 7.70. The lowest BCUT2D eigenvalue weighted by Gasteiger charge is -2.37. The molecule has 9 nitrogen and oxygen atoms in total. The first-order valence-corrected chi connectivity index (χ1v) is 7.70. The molecule has 0 aromatic heterocycles. The summed E-state index contributed by atoms with van der Waals surface area (Å²) in [4.78, 5) is 47.6. The predicted molar refractivity (Wildman–Crippen MR) is 85.2 cm³/mol. The van der Waals surface area contributed by atoms with Gasteiger partial charge in [0.15, 0.2) is 0 Å². The van der Waals surface area contributed by atoms with Crippen molar-refractivity contribution < 1.29 is 29.0 Å². The van der Waals surface area contributed by atoms with Crippen LogP contribution in [0.5, 0.6) is 0 Å². The van der Waals surface area contributed by atoms with Gasteiger partial charge in [0.25, 0.3) is 0 Å². The van der Waals surface area contributed by atoms with Crippen LogP contribution in [0.4, 0.5) is 15.3 Å². The Labute approximate surface area is 142 Å². The molecule has 3 rings (SSSR count). The van der Waals surface area contributed by atoms with Gasteiger partial charge in [0.2, 0.25) is 5.91 Å². The number of cyclic esters (lactones) is 1. The number of hydrogen-bond acceptors (Lipinski definition) is 5. The van der Waals surface area contributed by atoms with Crippen LogP contribution in [0.25, 0.3) is 0 Å². The van der Waals surface area contributed by atoms with Gasteiger partial charge < -0.3 is 20.5 Å². The monoisotopic (exact) mass is 347 g/mol. The number of ether oxygens (including phenoxy) is 1. The van der Waals surface area contributed by atoms with Crippen molar-refractivity contribution in [3.05, 3.63) is 29.3 Å². The lowest BCUT2D eigenvalue weighted by Crippen LogP contribution is -2.57. The van der Waals surface area contributed by atoms with Crippen LogP contribution in [0.3, 0.4) is 0 Å². The number of urea groups is 1. The molecule has 1 aromatic rings. The summed E-state index contributed by atoms with van der Waals surface area (Å²) in [6.07, 6.45) is 0.0287. The zero-order valence-corrected chi connectivity index (χ0v) is 13.5. The highest BCUT2D eigenvalue weighted by molar-refractivity contribution is 6.03. The van der Waals surface area contributed by atoms with Gasteiger partial charge in [-0.25, -0.2) is 14.5 Å². The fraction of sp³-hybridized carbons (Fsp3) is 0.375. The van der Waals surface area contributed by atoms with E-state index in [2.05, 4.69) is 10.6 Å². The number of carboxylic acid groups (broad SMARTS) is 1. The number of benzene rings is 1. The molecule has 132 valence electrons. The smallest absolute Gasteiger partial charge is 0.417 e. The van der Waals surface area contributed by atoms with Gasteiger partial charge in [0, 0.05) is 12.7 Å².